The Labute approximate surface area is 220 Å². The van der Waals surface area contributed by atoms with Gasteiger partial charge < -0.3 is 19.4 Å². The first kappa shape index (κ1) is 25.3. The molecule has 5 aromatic rings. The Morgan fingerprint density at radius 1 is 1.08 bits per heavy atom. The molecule has 2 aromatic carbocycles. The minimum Gasteiger partial charge on any atom is -0.346 e. The summed E-state index contributed by atoms with van der Waals surface area (Å²) in [5, 5.41) is 11.6. The number of pyridine rings is 1. The second-order valence-electron chi connectivity index (χ2n) is 9.64. The highest BCUT2D eigenvalue weighted by Crippen LogP contribution is 2.23. The van der Waals surface area contributed by atoms with Crippen LogP contribution < -0.4 is 5.32 Å². The first-order valence-corrected chi connectivity index (χ1v) is 12.6. The van der Waals surface area contributed by atoms with Crippen molar-refractivity contribution in [2.75, 3.05) is 18.9 Å². The number of carbonyl (C=O) groups excluding carboxylic acids is 1. The Balaban J connectivity index is 1.32. The lowest BCUT2D eigenvalue weighted by atomic mass is 10.1. The van der Waals surface area contributed by atoms with E-state index in [1.807, 2.05) is 53.4 Å². The highest BCUT2D eigenvalue weighted by Gasteiger charge is 2.17. The molecule has 0 aliphatic carbocycles. The van der Waals surface area contributed by atoms with E-state index in [0.29, 0.717) is 23.9 Å². The second-order valence-corrected chi connectivity index (χ2v) is 9.64. The van der Waals surface area contributed by atoms with Crippen molar-refractivity contribution in [2.24, 2.45) is 0 Å². The van der Waals surface area contributed by atoms with Crippen molar-refractivity contribution >= 4 is 22.6 Å². The van der Waals surface area contributed by atoms with Gasteiger partial charge in [0.2, 0.25) is 0 Å². The predicted octanol–water partition coefficient (Wildman–Crippen LogP) is 5.40. The minimum absolute atomic E-state index is 0.0346. The number of fused-ring (bicyclic) bond motifs is 1. The van der Waals surface area contributed by atoms with Gasteiger partial charge in [-0.2, -0.15) is 0 Å². The van der Waals surface area contributed by atoms with Crippen LogP contribution in [0.2, 0.25) is 0 Å². The molecule has 0 aliphatic heterocycles. The van der Waals surface area contributed by atoms with Gasteiger partial charge in [-0.15, -0.1) is 10.2 Å². The Kier molecular flexibility index (Phi) is 7.28. The van der Waals surface area contributed by atoms with Crippen LogP contribution in [0.1, 0.15) is 35.8 Å². The molecule has 0 unspecified atom stereocenters. The summed E-state index contributed by atoms with van der Waals surface area (Å²) < 4.78 is 18.9. The average molecular weight is 512 g/mol. The fourth-order valence-electron chi connectivity index (χ4n) is 4.45. The standard InChI is InChI=1S/C29H30FN7O/c1-20(2)37-19-31-34-28(37)25-10-7-11-27(32-25)33-29(38)23-17-26-22(16-24(23)30)12-13-36(26)15-14-35(3)18-21-8-5-4-6-9-21/h4-13,16-17,19-20H,14-15,18H2,1-3H3,(H,32,33,38). The normalized spacial score (nSPS) is 11.5. The predicted molar refractivity (Wildman–Crippen MR) is 146 cm³/mol. The number of nitrogens with zero attached hydrogens (tertiary/aromatic N) is 6. The summed E-state index contributed by atoms with van der Waals surface area (Å²) in [6, 6.07) is 20.6. The number of halogens is 1. The topological polar surface area (TPSA) is 80.9 Å². The van der Waals surface area contributed by atoms with E-state index in [2.05, 4.69) is 44.6 Å². The number of rotatable bonds is 9. The number of hydrogen-bond donors (Lipinski definition) is 1. The molecular weight excluding hydrogens is 481 g/mol. The molecule has 0 saturated heterocycles. The molecule has 0 fully saturated rings. The third-order valence-corrected chi connectivity index (χ3v) is 6.47. The van der Waals surface area contributed by atoms with Crippen LogP contribution in [0.5, 0.6) is 0 Å². The maximum absolute atomic E-state index is 15.0. The van der Waals surface area contributed by atoms with Crippen molar-refractivity contribution in [1.82, 2.24) is 29.2 Å². The average Bonchev–Trinajstić information content (AvgIpc) is 3.55. The number of carbonyl (C=O) groups is 1. The third kappa shape index (κ3) is 5.47. The van der Waals surface area contributed by atoms with Crippen molar-refractivity contribution in [2.45, 2.75) is 33.0 Å². The van der Waals surface area contributed by atoms with Crippen LogP contribution in [0, 0.1) is 5.82 Å². The van der Waals surface area contributed by atoms with E-state index in [-0.39, 0.29) is 11.6 Å². The van der Waals surface area contributed by atoms with Gasteiger partial charge in [0.15, 0.2) is 5.82 Å². The van der Waals surface area contributed by atoms with Gasteiger partial charge in [0.1, 0.15) is 23.7 Å². The minimum atomic E-state index is -0.579. The maximum atomic E-state index is 15.0. The summed E-state index contributed by atoms with van der Waals surface area (Å²) in [6.45, 7) is 6.39. The number of amides is 1. The van der Waals surface area contributed by atoms with Gasteiger partial charge >= 0.3 is 0 Å². The lowest BCUT2D eigenvalue weighted by Gasteiger charge is -2.17. The lowest BCUT2D eigenvalue weighted by molar-refractivity contribution is 0.102. The number of benzene rings is 2. The van der Waals surface area contributed by atoms with Crippen molar-refractivity contribution in [3.8, 4) is 11.5 Å². The molecule has 8 nitrogen and oxygen atoms in total. The summed E-state index contributed by atoms with van der Waals surface area (Å²) in [7, 11) is 2.07. The van der Waals surface area contributed by atoms with Crippen molar-refractivity contribution in [1.29, 1.82) is 0 Å². The van der Waals surface area contributed by atoms with Crippen molar-refractivity contribution in [3.63, 3.8) is 0 Å². The van der Waals surface area contributed by atoms with Crippen molar-refractivity contribution in [3.05, 3.63) is 96.2 Å². The van der Waals surface area contributed by atoms with E-state index in [1.165, 1.54) is 11.6 Å². The molecule has 38 heavy (non-hydrogen) atoms. The third-order valence-electron chi connectivity index (χ3n) is 6.47. The SMILES string of the molecule is CC(C)n1cnnc1-c1cccc(NC(=O)c2cc3c(ccn3CCN(C)Cc3ccccc3)cc2F)n1. The van der Waals surface area contributed by atoms with Crippen LogP contribution in [0.3, 0.4) is 0 Å². The molecule has 1 amide bonds. The molecule has 5 rings (SSSR count). The number of anilines is 1. The zero-order chi connectivity index (χ0) is 26.6. The zero-order valence-electron chi connectivity index (χ0n) is 21.7. The molecule has 194 valence electrons. The summed E-state index contributed by atoms with van der Waals surface area (Å²) in [5.74, 6) is -0.236. The van der Waals surface area contributed by atoms with E-state index < -0.39 is 11.7 Å². The summed E-state index contributed by atoms with van der Waals surface area (Å²) in [4.78, 5) is 19.9. The van der Waals surface area contributed by atoms with Crippen LogP contribution in [-0.2, 0) is 13.1 Å². The van der Waals surface area contributed by atoms with Gasteiger partial charge in [-0.05, 0) is 56.8 Å². The Hall–Kier alpha value is -4.37. The van der Waals surface area contributed by atoms with E-state index in [9.17, 15) is 9.18 Å². The number of hydrogen-bond acceptors (Lipinski definition) is 5. The monoisotopic (exact) mass is 511 g/mol. The van der Waals surface area contributed by atoms with Crippen molar-refractivity contribution < 1.29 is 9.18 Å². The van der Waals surface area contributed by atoms with Gasteiger partial charge in [-0.3, -0.25) is 4.79 Å². The largest absolute Gasteiger partial charge is 0.346 e. The first-order valence-electron chi connectivity index (χ1n) is 12.6. The summed E-state index contributed by atoms with van der Waals surface area (Å²) >= 11 is 0. The molecule has 9 heteroatoms. The number of nitrogens with one attached hydrogen (secondary N) is 1. The number of aromatic nitrogens is 5. The first-order chi connectivity index (χ1) is 18.4. The van der Waals surface area contributed by atoms with Crippen LogP contribution in [0.4, 0.5) is 10.2 Å². The maximum Gasteiger partial charge on any atom is 0.259 e. The quantitative estimate of drug-likeness (QED) is 0.287. The van der Waals surface area contributed by atoms with Crippen LogP contribution in [0.15, 0.2) is 79.3 Å². The molecule has 0 bridgehead atoms. The van der Waals surface area contributed by atoms with Gasteiger partial charge in [0.05, 0.1) is 5.56 Å². The summed E-state index contributed by atoms with van der Waals surface area (Å²) in [5.41, 5.74) is 2.58. The number of likely N-dealkylation sites (N-methyl/N-ethyl adjacent to an activating group) is 1. The molecule has 3 aromatic heterocycles. The molecule has 0 aliphatic rings. The van der Waals surface area contributed by atoms with Gasteiger partial charge in [0, 0.05) is 42.8 Å². The molecule has 3 heterocycles. The Morgan fingerprint density at radius 2 is 1.89 bits per heavy atom. The molecule has 0 radical (unpaired) electrons. The van der Waals surface area contributed by atoms with Gasteiger partial charge in [-0.25, -0.2) is 9.37 Å². The highest BCUT2D eigenvalue weighted by atomic mass is 19.1. The second kappa shape index (κ2) is 10.9. The van der Waals surface area contributed by atoms with Crippen LogP contribution in [-0.4, -0.2) is 48.7 Å². The smallest absolute Gasteiger partial charge is 0.259 e. The fraction of sp³-hybridized carbons (Fsp3) is 0.241. The van der Waals surface area contributed by atoms with Gasteiger partial charge in [0.25, 0.3) is 5.91 Å². The zero-order valence-corrected chi connectivity index (χ0v) is 21.7. The van der Waals surface area contributed by atoms with E-state index in [1.54, 1.807) is 30.6 Å². The summed E-state index contributed by atoms with van der Waals surface area (Å²) in [6.07, 6.45) is 3.57. The van der Waals surface area contributed by atoms with E-state index in [4.69, 9.17) is 0 Å². The fourth-order valence-corrected chi connectivity index (χ4v) is 4.45. The van der Waals surface area contributed by atoms with Crippen LogP contribution in [0.25, 0.3) is 22.4 Å². The van der Waals surface area contributed by atoms with Gasteiger partial charge in [-0.1, -0.05) is 36.4 Å². The molecular formula is C29H30FN7O. The molecule has 0 saturated carbocycles. The highest BCUT2D eigenvalue weighted by molar-refractivity contribution is 6.06. The molecule has 0 atom stereocenters. The molecule has 0 spiro atoms. The Morgan fingerprint density at radius 3 is 2.68 bits per heavy atom. The van der Waals surface area contributed by atoms with E-state index >= 15 is 0 Å². The molecule has 1 N–H and O–H groups in total. The van der Waals surface area contributed by atoms with Crippen LogP contribution >= 0.6 is 0 Å². The van der Waals surface area contributed by atoms with E-state index in [0.717, 1.165) is 24.0 Å². The lowest BCUT2D eigenvalue weighted by Crippen LogP contribution is -2.22. The Bertz CT molecular complexity index is 1560.